The highest BCUT2D eigenvalue weighted by Gasteiger charge is 2.04. The van der Waals surface area contributed by atoms with E-state index in [0.717, 1.165) is 25.6 Å². The molecule has 74 valence electrons. The Labute approximate surface area is 76.9 Å². The predicted molar refractivity (Wildman–Crippen MR) is 55.2 cm³/mol. The van der Waals surface area contributed by atoms with Gasteiger partial charge in [-0.3, -0.25) is 0 Å². The van der Waals surface area contributed by atoms with Gasteiger partial charge in [0.2, 0.25) is 0 Å². The third-order valence-corrected chi connectivity index (χ3v) is 2.02. The molecule has 0 aliphatic carbocycles. The number of rotatable bonds is 7. The first-order chi connectivity index (χ1) is 5.70. The molecule has 2 heteroatoms. The van der Waals surface area contributed by atoms with Gasteiger partial charge < -0.3 is 11.1 Å². The minimum Gasteiger partial charge on any atom is -0.330 e. The van der Waals surface area contributed by atoms with Crippen molar-refractivity contribution < 1.29 is 0 Å². The van der Waals surface area contributed by atoms with E-state index in [4.69, 9.17) is 5.73 Å². The molecule has 12 heavy (non-hydrogen) atoms. The average Bonchev–Trinajstić information content (AvgIpc) is 2.02. The molecule has 0 rings (SSSR count). The Bertz CT molecular complexity index is 91.8. The van der Waals surface area contributed by atoms with Crippen LogP contribution in [0.5, 0.6) is 0 Å². The highest BCUT2D eigenvalue weighted by atomic mass is 14.9. The molecular weight excluding hydrogens is 148 g/mol. The van der Waals surface area contributed by atoms with Gasteiger partial charge in [-0.1, -0.05) is 27.2 Å². The van der Waals surface area contributed by atoms with Crippen molar-refractivity contribution in [3.05, 3.63) is 0 Å². The summed E-state index contributed by atoms with van der Waals surface area (Å²) in [4.78, 5) is 0. The van der Waals surface area contributed by atoms with E-state index in [1.807, 2.05) is 0 Å². The molecule has 0 fully saturated rings. The van der Waals surface area contributed by atoms with Crippen LogP contribution in [0.25, 0.3) is 0 Å². The Kier molecular flexibility index (Phi) is 7.51. The summed E-state index contributed by atoms with van der Waals surface area (Å²) in [6, 6.07) is 0. The third-order valence-electron chi connectivity index (χ3n) is 2.02. The van der Waals surface area contributed by atoms with Gasteiger partial charge in [-0.2, -0.15) is 0 Å². The maximum atomic E-state index is 5.64. The summed E-state index contributed by atoms with van der Waals surface area (Å²) in [5.41, 5.74) is 5.64. The topological polar surface area (TPSA) is 38.0 Å². The van der Waals surface area contributed by atoms with Crippen molar-refractivity contribution in [3.8, 4) is 0 Å². The van der Waals surface area contributed by atoms with E-state index in [9.17, 15) is 0 Å². The van der Waals surface area contributed by atoms with E-state index >= 15 is 0 Å². The smallest absolute Gasteiger partial charge is 0.000835 e. The number of hydrogen-bond acceptors (Lipinski definition) is 2. The molecule has 0 spiro atoms. The zero-order valence-electron chi connectivity index (χ0n) is 8.77. The fourth-order valence-electron chi connectivity index (χ4n) is 1.29. The van der Waals surface area contributed by atoms with Crippen LogP contribution in [0.15, 0.2) is 0 Å². The van der Waals surface area contributed by atoms with Crippen LogP contribution in [-0.2, 0) is 0 Å². The van der Waals surface area contributed by atoms with Gasteiger partial charge in [-0.05, 0) is 37.9 Å². The first-order valence-electron chi connectivity index (χ1n) is 5.11. The van der Waals surface area contributed by atoms with Crippen molar-refractivity contribution in [1.29, 1.82) is 0 Å². The van der Waals surface area contributed by atoms with Gasteiger partial charge in [0.1, 0.15) is 0 Å². The maximum Gasteiger partial charge on any atom is -0.000835 e. The normalized spacial score (nSPS) is 13.8. The van der Waals surface area contributed by atoms with Gasteiger partial charge in [0.25, 0.3) is 0 Å². The molecule has 2 nitrogen and oxygen atoms in total. The number of nitrogens with two attached hydrogens (primary N) is 1. The number of nitrogens with one attached hydrogen (secondary N) is 1. The van der Waals surface area contributed by atoms with Gasteiger partial charge in [0.05, 0.1) is 0 Å². The third kappa shape index (κ3) is 6.62. The van der Waals surface area contributed by atoms with Gasteiger partial charge in [-0.25, -0.2) is 0 Å². The molecule has 0 radical (unpaired) electrons. The maximum absolute atomic E-state index is 5.64. The first-order valence-corrected chi connectivity index (χ1v) is 5.11. The van der Waals surface area contributed by atoms with E-state index in [1.54, 1.807) is 0 Å². The Hall–Kier alpha value is -0.0800. The monoisotopic (exact) mass is 172 g/mol. The van der Waals surface area contributed by atoms with Crippen molar-refractivity contribution in [2.45, 2.75) is 33.6 Å². The first kappa shape index (κ1) is 11.9. The fraction of sp³-hybridized carbons (Fsp3) is 1.00. The predicted octanol–water partition coefficient (Wildman–Crippen LogP) is 1.61. The van der Waals surface area contributed by atoms with Crippen LogP contribution >= 0.6 is 0 Å². The highest BCUT2D eigenvalue weighted by molar-refractivity contribution is 4.63. The molecule has 0 amide bonds. The second-order valence-corrected chi connectivity index (χ2v) is 3.94. The quantitative estimate of drug-likeness (QED) is 0.612. The molecule has 3 N–H and O–H groups in total. The van der Waals surface area contributed by atoms with Gasteiger partial charge in [0, 0.05) is 0 Å². The highest BCUT2D eigenvalue weighted by Crippen LogP contribution is 2.02. The van der Waals surface area contributed by atoms with Crippen LogP contribution in [0.4, 0.5) is 0 Å². The van der Waals surface area contributed by atoms with Gasteiger partial charge >= 0.3 is 0 Å². The van der Waals surface area contributed by atoms with Crippen molar-refractivity contribution in [2.24, 2.45) is 17.6 Å². The minimum absolute atomic E-state index is 0.675. The van der Waals surface area contributed by atoms with E-state index in [2.05, 4.69) is 26.1 Å². The van der Waals surface area contributed by atoms with Crippen LogP contribution in [-0.4, -0.2) is 19.6 Å². The second-order valence-electron chi connectivity index (χ2n) is 3.94. The Morgan fingerprint density at radius 2 is 1.92 bits per heavy atom. The Morgan fingerprint density at radius 3 is 2.33 bits per heavy atom. The molecule has 1 atom stereocenters. The van der Waals surface area contributed by atoms with E-state index in [-0.39, 0.29) is 0 Å². The van der Waals surface area contributed by atoms with Crippen LogP contribution in [0.2, 0.25) is 0 Å². The molecule has 0 saturated carbocycles. The molecule has 0 aromatic carbocycles. The lowest BCUT2D eigenvalue weighted by atomic mass is 10.0. The molecular formula is C10H24N2. The summed E-state index contributed by atoms with van der Waals surface area (Å²) >= 11 is 0. The summed E-state index contributed by atoms with van der Waals surface area (Å²) in [5, 5.41) is 3.44. The zero-order chi connectivity index (χ0) is 9.40. The van der Waals surface area contributed by atoms with Crippen LogP contribution in [0.1, 0.15) is 33.6 Å². The summed E-state index contributed by atoms with van der Waals surface area (Å²) in [6.07, 6.45) is 2.49. The van der Waals surface area contributed by atoms with E-state index in [0.29, 0.717) is 5.92 Å². The lowest BCUT2D eigenvalue weighted by Crippen LogP contribution is -2.30. The Morgan fingerprint density at radius 1 is 1.25 bits per heavy atom. The fourth-order valence-corrected chi connectivity index (χ4v) is 1.29. The average molecular weight is 172 g/mol. The molecule has 0 aromatic rings. The summed E-state index contributed by atoms with van der Waals surface area (Å²) < 4.78 is 0. The molecule has 1 unspecified atom stereocenters. The van der Waals surface area contributed by atoms with Crippen LogP contribution in [0.3, 0.4) is 0 Å². The number of hydrogen-bond donors (Lipinski definition) is 2. The van der Waals surface area contributed by atoms with Crippen LogP contribution in [0, 0.1) is 11.8 Å². The second kappa shape index (κ2) is 7.56. The SMILES string of the molecule is CCCC(CN)CNCC(C)C. The summed E-state index contributed by atoms with van der Waals surface area (Å²) in [5.74, 6) is 1.42. The van der Waals surface area contributed by atoms with Crippen molar-refractivity contribution in [3.63, 3.8) is 0 Å². The Balaban J connectivity index is 3.31. The van der Waals surface area contributed by atoms with Crippen molar-refractivity contribution in [1.82, 2.24) is 5.32 Å². The molecule has 0 aliphatic rings. The minimum atomic E-state index is 0.675. The molecule has 0 bridgehead atoms. The van der Waals surface area contributed by atoms with Gasteiger partial charge in [-0.15, -0.1) is 0 Å². The molecule has 0 aliphatic heterocycles. The standard InChI is InChI=1S/C10H24N2/c1-4-5-10(6-11)8-12-7-9(2)3/h9-10,12H,4-8,11H2,1-3H3. The largest absolute Gasteiger partial charge is 0.330 e. The van der Waals surface area contributed by atoms with E-state index < -0.39 is 0 Å². The van der Waals surface area contributed by atoms with E-state index in [1.165, 1.54) is 12.8 Å². The van der Waals surface area contributed by atoms with Gasteiger partial charge in [0.15, 0.2) is 0 Å². The zero-order valence-corrected chi connectivity index (χ0v) is 8.77. The lowest BCUT2D eigenvalue weighted by molar-refractivity contribution is 0.430. The van der Waals surface area contributed by atoms with Crippen molar-refractivity contribution in [2.75, 3.05) is 19.6 Å². The summed E-state index contributed by atoms with van der Waals surface area (Å²) in [6.45, 7) is 9.68. The molecule has 0 aromatic heterocycles. The molecule has 0 saturated heterocycles. The summed E-state index contributed by atoms with van der Waals surface area (Å²) in [7, 11) is 0. The van der Waals surface area contributed by atoms with Crippen LogP contribution < -0.4 is 11.1 Å². The van der Waals surface area contributed by atoms with Crippen molar-refractivity contribution >= 4 is 0 Å². The molecule has 0 heterocycles. The lowest BCUT2D eigenvalue weighted by Gasteiger charge is -2.15.